The van der Waals surface area contributed by atoms with E-state index in [0.29, 0.717) is 13.2 Å². The summed E-state index contributed by atoms with van der Waals surface area (Å²) in [5.41, 5.74) is 3.94. The third kappa shape index (κ3) is 11.6. The fourth-order valence-corrected chi connectivity index (χ4v) is 0.381. The first kappa shape index (κ1) is 17.1. The Morgan fingerprint density at radius 2 is 1.13 bits per heavy atom. The first-order valence-electron chi connectivity index (χ1n) is 4.51. The number of aliphatic hydroxyl groups is 5. The standard InChI is InChI=1S/C4H11NO3.C4H10O3/c5-4(1-6,2-7)3-8;5-1-3-7-4-2-6/h6-8H,1-3,5H2;5-6H,1-4H2. The molecular weight excluding hydrogens is 206 g/mol. The lowest BCUT2D eigenvalue weighted by molar-refractivity contribution is 0.0650. The second kappa shape index (κ2) is 11.8. The SMILES string of the molecule is NC(CO)(CO)CO.OCCOCCO. The summed E-state index contributed by atoms with van der Waals surface area (Å²) in [6, 6.07) is 0. The van der Waals surface area contributed by atoms with Gasteiger partial charge in [-0.2, -0.15) is 0 Å². The van der Waals surface area contributed by atoms with Gasteiger partial charge in [-0.3, -0.25) is 0 Å². The van der Waals surface area contributed by atoms with E-state index in [4.69, 9.17) is 31.3 Å². The summed E-state index contributed by atoms with van der Waals surface area (Å²) in [4.78, 5) is 0. The van der Waals surface area contributed by atoms with Gasteiger partial charge in [0.1, 0.15) is 0 Å². The van der Waals surface area contributed by atoms with Crippen LogP contribution in [0.2, 0.25) is 0 Å². The highest BCUT2D eigenvalue weighted by atomic mass is 16.5. The smallest absolute Gasteiger partial charge is 0.0856 e. The largest absolute Gasteiger partial charge is 0.394 e. The van der Waals surface area contributed by atoms with Crippen LogP contribution in [0.5, 0.6) is 0 Å². The molecule has 94 valence electrons. The zero-order chi connectivity index (χ0) is 12.2. The maximum atomic E-state index is 8.34. The molecule has 0 aromatic heterocycles. The van der Waals surface area contributed by atoms with Crippen LogP contribution in [0.15, 0.2) is 0 Å². The molecule has 0 unspecified atom stereocenters. The Bertz CT molecular complexity index is 107. The molecule has 7 N–H and O–H groups in total. The minimum Gasteiger partial charge on any atom is -0.394 e. The molecule has 0 saturated carbocycles. The summed E-state index contributed by atoms with van der Waals surface area (Å²) in [6.45, 7) is -0.513. The van der Waals surface area contributed by atoms with E-state index in [2.05, 4.69) is 4.74 Å². The number of rotatable bonds is 7. The maximum absolute atomic E-state index is 8.34. The van der Waals surface area contributed by atoms with Crippen molar-refractivity contribution in [2.45, 2.75) is 5.54 Å². The number of nitrogens with two attached hydrogens (primary N) is 1. The molecule has 0 aromatic rings. The van der Waals surface area contributed by atoms with Gasteiger partial charge in [-0.05, 0) is 0 Å². The van der Waals surface area contributed by atoms with Crippen LogP contribution in [0.4, 0.5) is 0 Å². The first-order chi connectivity index (χ1) is 7.10. The molecule has 7 nitrogen and oxygen atoms in total. The highest BCUT2D eigenvalue weighted by molar-refractivity contribution is 4.80. The van der Waals surface area contributed by atoms with Crippen molar-refractivity contribution in [3.8, 4) is 0 Å². The van der Waals surface area contributed by atoms with E-state index < -0.39 is 25.4 Å². The van der Waals surface area contributed by atoms with Gasteiger partial charge < -0.3 is 36.0 Å². The lowest BCUT2D eigenvalue weighted by atomic mass is 10.1. The normalized spacial score (nSPS) is 10.8. The van der Waals surface area contributed by atoms with Crippen molar-refractivity contribution in [1.82, 2.24) is 0 Å². The molecule has 0 fully saturated rings. The summed E-state index contributed by atoms with van der Waals surface area (Å²) in [6.07, 6.45) is 0. The van der Waals surface area contributed by atoms with Crippen LogP contribution in [-0.4, -0.2) is 77.3 Å². The van der Waals surface area contributed by atoms with Gasteiger partial charge in [0.2, 0.25) is 0 Å². The zero-order valence-electron chi connectivity index (χ0n) is 8.67. The van der Waals surface area contributed by atoms with Crippen molar-refractivity contribution < 1.29 is 30.3 Å². The Balaban J connectivity index is 0. The predicted octanol–water partition coefficient (Wildman–Crippen LogP) is -3.35. The second-order valence-corrected chi connectivity index (χ2v) is 2.90. The molecule has 15 heavy (non-hydrogen) atoms. The molecule has 0 aliphatic heterocycles. The average molecular weight is 227 g/mol. The molecule has 0 heterocycles. The number of aliphatic hydroxyl groups excluding tert-OH is 5. The second-order valence-electron chi connectivity index (χ2n) is 2.90. The van der Waals surface area contributed by atoms with Crippen molar-refractivity contribution in [2.75, 3.05) is 46.2 Å². The predicted molar refractivity (Wildman–Crippen MR) is 53.2 cm³/mol. The van der Waals surface area contributed by atoms with Crippen LogP contribution in [0.1, 0.15) is 0 Å². The van der Waals surface area contributed by atoms with E-state index in [1.54, 1.807) is 0 Å². The molecule has 0 amide bonds. The topological polar surface area (TPSA) is 136 Å². The highest BCUT2D eigenvalue weighted by Crippen LogP contribution is 1.93. The summed E-state index contributed by atoms with van der Waals surface area (Å²) in [5.74, 6) is 0. The van der Waals surface area contributed by atoms with Gasteiger partial charge >= 0.3 is 0 Å². The van der Waals surface area contributed by atoms with Gasteiger partial charge in [0.05, 0.1) is 51.8 Å². The Morgan fingerprint density at radius 1 is 0.800 bits per heavy atom. The van der Waals surface area contributed by atoms with Gasteiger partial charge in [0.15, 0.2) is 0 Å². The molecule has 0 aliphatic carbocycles. The summed E-state index contributed by atoms with van der Waals surface area (Å²) in [7, 11) is 0. The fourth-order valence-electron chi connectivity index (χ4n) is 0.381. The van der Waals surface area contributed by atoms with E-state index in [0.717, 1.165) is 0 Å². The Labute approximate surface area is 88.7 Å². The number of ether oxygens (including phenoxy) is 1. The van der Waals surface area contributed by atoms with E-state index >= 15 is 0 Å². The van der Waals surface area contributed by atoms with Crippen LogP contribution in [0, 0.1) is 0 Å². The monoisotopic (exact) mass is 227 g/mol. The van der Waals surface area contributed by atoms with Gasteiger partial charge in [0, 0.05) is 0 Å². The fraction of sp³-hybridized carbons (Fsp3) is 1.00. The van der Waals surface area contributed by atoms with E-state index in [1.807, 2.05) is 0 Å². The number of hydrogen-bond acceptors (Lipinski definition) is 7. The lowest BCUT2D eigenvalue weighted by Crippen LogP contribution is -2.50. The summed E-state index contributed by atoms with van der Waals surface area (Å²) < 4.78 is 4.63. The minimum absolute atomic E-state index is 0.0278. The Hall–Kier alpha value is -0.280. The van der Waals surface area contributed by atoms with Crippen LogP contribution in [0.25, 0.3) is 0 Å². The Morgan fingerprint density at radius 3 is 1.27 bits per heavy atom. The van der Waals surface area contributed by atoms with Crippen molar-refractivity contribution >= 4 is 0 Å². The van der Waals surface area contributed by atoms with Crippen molar-refractivity contribution in [1.29, 1.82) is 0 Å². The molecule has 0 aromatic carbocycles. The Kier molecular flexibility index (Phi) is 13.5. The molecule has 0 aliphatic rings. The van der Waals surface area contributed by atoms with Gasteiger partial charge in [-0.25, -0.2) is 0 Å². The van der Waals surface area contributed by atoms with Crippen molar-refractivity contribution in [3.63, 3.8) is 0 Å². The molecule has 7 heteroatoms. The lowest BCUT2D eigenvalue weighted by Gasteiger charge is -2.20. The van der Waals surface area contributed by atoms with Crippen LogP contribution < -0.4 is 5.73 Å². The number of hydrogen-bond donors (Lipinski definition) is 6. The van der Waals surface area contributed by atoms with Crippen molar-refractivity contribution in [3.05, 3.63) is 0 Å². The van der Waals surface area contributed by atoms with Crippen LogP contribution >= 0.6 is 0 Å². The molecule has 0 bridgehead atoms. The summed E-state index contributed by atoms with van der Waals surface area (Å²) in [5, 5.41) is 41.2. The quantitative estimate of drug-likeness (QED) is 0.250. The van der Waals surface area contributed by atoms with Gasteiger partial charge in [-0.15, -0.1) is 0 Å². The van der Waals surface area contributed by atoms with Crippen LogP contribution in [-0.2, 0) is 4.74 Å². The van der Waals surface area contributed by atoms with Crippen molar-refractivity contribution in [2.24, 2.45) is 5.73 Å². The van der Waals surface area contributed by atoms with E-state index in [-0.39, 0.29) is 13.2 Å². The molecule has 0 rings (SSSR count). The molecule has 0 saturated heterocycles. The van der Waals surface area contributed by atoms with Gasteiger partial charge in [0.25, 0.3) is 0 Å². The van der Waals surface area contributed by atoms with E-state index in [9.17, 15) is 0 Å². The molecule has 0 atom stereocenters. The van der Waals surface area contributed by atoms with E-state index in [1.165, 1.54) is 0 Å². The highest BCUT2D eigenvalue weighted by Gasteiger charge is 2.20. The zero-order valence-corrected chi connectivity index (χ0v) is 8.67. The summed E-state index contributed by atoms with van der Waals surface area (Å²) >= 11 is 0. The third-order valence-electron chi connectivity index (χ3n) is 1.42. The third-order valence-corrected chi connectivity index (χ3v) is 1.42. The van der Waals surface area contributed by atoms with Gasteiger partial charge in [-0.1, -0.05) is 0 Å². The maximum Gasteiger partial charge on any atom is 0.0856 e. The molecular formula is C8H21NO6. The first-order valence-corrected chi connectivity index (χ1v) is 4.51. The molecule has 0 radical (unpaired) electrons. The van der Waals surface area contributed by atoms with Crippen LogP contribution in [0.3, 0.4) is 0 Å². The minimum atomic E-state index is -1.21. The molecule has 0 spiro atoms. The average Bonchev–Trinajstić information content (AvgIpc) is 2.30.